The van der Waals surface area contributed by atoms with E-state index in [4.69, 9.17) is 14.2 Å². The Morgan fingerprint density at radius 2 is 1.93 bits per heavy atom. The average Bonchev–Trinajstić information content (AvgIpc) is 2.16. The number of hydrogen-bond acceptors (Lipinski definition) is 4. The fraction of sp³-hybridized carbons (Fsp3) is 0.900. The third kappa shape index (κ3) is 5.80. The molecule has 0 bridgehead atoms. The Hall–Kier alpha value is -0.770. The first-order valence-corrected chi connectivity index (χ1v) is 4.98. The van der Waals surface area contributed by atoms with Gasteiger partial charge in [0, 0.05) is 7.11 Å². The summed E-state index contributed by atoms with van der Waals surface area (Å²) in [7, 11) is 1.58. The van der Waals surface area contributed by atoms with E-state index in [1.54, 1.807) is 14.0 Å². The number of ether oxygens (including phenoxy) is 3. The van der Waals surface area contributed by atoms with Gasteiger partial charge in [0.05, 0.1) is 12.7 Å². The third-order valence-corrected chi connectivity index (χ3v) is 2.03. The quantitative estimate of drug-likeness (QED) is 0.492. The average molecular weight is 204 g/mol. The first-order valence-electron chi connectivity index (χ1n) is 4.98. The molecule has 0 heterocycles. The number of carbonyl (C=O) groups excluding carboxylic acids is 1. The van der Waals surface area contributed by atoms with Crippen LogP contribution in [-0.2, 0) is 14.2 Å². The van der Waals surface area contributed by atoms with Crippen molar-refractivity contribution in [2.24, 2.45) is 0 Å². The van der Waals surface area contributed by atoms with Crippen molar-refractivity contribution in [2.75, 3.05) is 13.7 Å². The van der Waals surface area contributed by atoms with Crippen LogP contribution in [0.4, 0.5) is 4.79 Å². The van der Waals surface area contributed by atoms with Crippen molar-refractivity contribution in [3.8, 4) is 0 Å². The van der Waals surface area contributed by atoms with Gasteiger partial charge in [-0.3, -0.25) is 0 Å². The smallest absolute Gasteiger partial charge is 0.434 e. The summed E-state index contributed by atoms with van der Waals surface area (Å²) in [5, 5.41) is 0. The summed E-state index contributed by atoms with van der Waals surface area (Å²) in [6, 6.07) is 0. The van der Waals surface area contributed by atoms with E-state index in [1.165, 1.54) is 0 Å². The summed E-state index contributed by atoms with van der Waals surface area (Å²) in [4.78, 5) is 11.0. The van der Waals surface area contributed by atoms with Crippen molar-refractivity contribution in [3.63, 3.8) is 0 Å². The molecular formula is C10H20O4. The molecule has 2 unspecified atom stereocenters. The highest BCUT2D eigenvalue weighted by atomic mass is 16.7. The standard InChI is InChI=1S/C10H20O4/c1-5-6-7-13-10(11)14-9(3)8(2)12-4/h8-9H,5-7H2,1-4H3. The van der Waals surface area contributed by atoms with Gasteiger partial charge in [-0.2, -0.15) is 0 Å². The summed E-state index contributed by atoms with van der Waals surface area (Å²) in [6.45, 7) is 6.06. The van der Waals surface area contributed by atoms with Gasteiger partial charge in [0.15, 0.2) is 0 Å². The number of methoxy groups -OCH3 is 1. The predicted octanol–water partition coefficient (Wildman–Crippen LogP) is 2.36. The monoisotopic (exact) mass is 204 g/mol. The Bertz CT molecular complexity index is 158. The van der Waals surface area contributed by atoms with E-state index < -0.39 is 6.16 Å². The molecule has 0 rings (SSSR count). The Balaban J connectivity index is 3.60. The van der Waals surface area contributed by atoms with Gasteiger partial charge < -0.3 is 14.2 Å². The molecule has 0 aliphatic carbocycles. The van der Waals surface area contributed by atoms with Gasteiger partial charge in [0.25, 0.3) is 0 Å². The number of hydrogen-bond donors (Lipinski definition) is 0. The van der Waals surface area contributed by atoms with Crippen LogP contribution in [0.1, 0.15) is 33.6 Å². The molecule has 0 N–H and O–H groups in total. The summed E-state index contributed by atoms with van der Waals surface area (Å²) < 4.78 is 14.8. The normalized spacial score (nSPS) is 14.6. The van der Waals surface area contributed by atoms with E-state index in [9.17, 15) is 4.79 Å². The molecule has 0 saturated carbocycles. The van der Waals surface area contributed by atoms with Crippen LogP contribution in [-0.4, -0.2) is 32.1 Å². The van der Waals surface area contributed by atoms with Crippen LogP contribution >= 0.6 is 0 Å². The van der Waals surface area contributed by atoms with E-state index in [2.05, 4.69) is 0 Å². The molecule has 4 heteroatoms. The molecule has 0 fully saturated rings. The number of rotatable bonds is 6. The van der Waals surface area contributed by atoms with Gasteiger partial charge in [0.1, 0.15) is 6.10 Å². The van der Waals surface area contributed by atoms with Gasteiger partial charge in [-0.05, 0) is 20.3 Å². The maximum atomic E-state index is 11.0. The molecule has 0 aliphatic heterocycles. The molecular weight excluding hydrogens is 184 g/mol. The van der Waals surface area contributed by atoms with Gasteiger partial charge >= 0.3 is 6.16 Å². The summed E-state index contributed by atoms with van der Waals surface area (Å²) in [5.74, 6) is 0. The molecule has 14 heavy (non-hydrogen) atoms. The second-order valence-corrected chi connectivity index (χ2v) is 3.22. The maximum Gasteiger partial charge on any atom is 0.508 e. The first kappa shape index (κ1) is 13.2. The lowest BCUT2D eigenvalue weighted by molar-refractivity contribution is -0.0330. The molecule has 4 nitrogen and oxygen atoms in total. The lowest BCUT2D eigenvalue weighted by Gasteiger charge is -2.18. The fourth-order valence-corrected chi connectivity index (χ4v) is 0.773. The van der Waals surface area contributed by atoms with Crippen molar-refractivity contribution >= 4 is 6.16 Å². The Kier molecular flexibility index (Phi) is 7.20. The molecule has 0 aliphatic rings. The van der Waals surface area contributed by atoms with Crippen molar-refractivity contribution in [1.29, 1.82) is 0 Å². The first-order chi connectivity index (χ1) is 6.61. The van der Waals surface area contributed by atoms with Crippen molar-refractivity contribution in [2.45, 2.75) is 45.8 Å². The van der Waals surface area contributed by atoms with Crippen LogP contribution < -0.4 is 0 Å². The fourth-order valence-electron chi connectivity index (χ4n) is 0.773. The second-order valence-electron chi connectivity index (χ2n) is 3.22. The lowest BCUT2D eigenvalue weighted by Crippen LogP contribution is -2.28. The van der Waals surface area contributed by atoms with Gasteiger partial charge in [-0.15, -0.1) is 0 Å². The molecule has 0 saturated heterocycles. The van der Waals surface area contributed by atoms with E-state index >= 15 is 0 Å². The maximum absolute atomic E-state index is 11.0. The molecule has 0 aromatic rings. The lowest BCUT2D eigenvalue weighted by atomic mass is 10.2. The van der Waals surface area contributed by atoms with Gasteiger partial charge in [0.2, 0.25) is 0 Å². The van der Waals surface area contributed by atoms with Gasteiger partial charge in [-0.1, -0.05) is 13.3 Å². The highest BCUT2D eigenvalue weighted by molar-refractivity contribution is 5.60. The zero-order chi connectivity index (χ0) is 11.0. The number of carbonyl (C=O) groups is 1. The van der Waals surface area contributed by atoms with Crippen LogP contribution in [0.15, 0.2) is 0 Å². The minimum absolute atomic E-state index is 0.117. The van der Waals surface area contributed by atoms with Crippen LogP contribution in [0.3, 0.4) is 0 Å². The van der Waals surface area contributed by atoms with E-state index in [0.29, 0.717) is 6.61 Å². The highest BCUT2D eigenvalue weighted by Gasteiger charge is 2.16. The third-order valence-electron chi connectivity index (χ3n) is 2.03. The van der Waals surface area contributed by atoms with Crippen LogP contribution in [0.2, 0.25) is 0 Å². The summed E-state index contributed by atoms with van der Waals surface area (Å²) in [5.41, 5.74) is 0. The van der Waals surface area contributed by atoms with Crippen LogP contribution in [0.5, 0.6) is 0 Å². The van der Waals surface area contributed by atoms with E-state index in [-0.39, 0.29) is 12.2 Å². The Morgan fingerprint density at radius 3 is 2.43 bits per heavy atom. The Labute approximate surface area is 85.5 Å². The predicted molar refractivity (Wildman–Crippen MR) is 53.3 cm³/mol. The van der Waals surface area contributed by atoms with Crippen LogP contribution in [0.25, 0.3) is 0 Å². The Morgan fingerprint density at radius 1 is 1.29 bits per heavy atom. The number of unbranched alkanes of at least 4 members (excludes halogenated alkanes) is 1. The molecule has 0 radical (unpaired) electrons. The summed E-state index contributed by atoms with van der Waals surface area (Å²) >= 11 is 0. The van der Waals surface area contributed by atoms with Crippen molar-refractivity contribution < 1.29 is 19.0 Å². The zero-order valence-corrected chi connectivity index (χ0v) is 9.41. The highest BCUT2D eigenvalue weighted by Crippen LogP contribution is 2.03. The van der Waals surface area contributed by atoms with Gasteiger partial charge in [-0.25, -0.2) is 4.79 Å². The zero-order valence-electron chi connectivity index (χ0n) is 9.41. The minimum Gasteiger partial charge on any atom is -0.434 e. The van der Waals surface area contributed by atoms with Crippen molar-refractivity contribution in [1.82, 2.24) is 0 Å². The minimum atomic E-state index is -0.616. The van der Waals surface area contributed by atoms with Crippen LogP contribution in [0, 0.1) is 0 Å². The molecule has 84 valence electrons. The summed E-state index contributed by atoms with van der Waals surface area (Å²) in [6.07, 6.45) is 0.846. The van der Waals surface area contributed by atoms with E-state index in [1.807, 2.05) is 13.8 Å². The largest absolute Gasteiger partial charge is 0.508 e. The van der Waals surface area contributed by atoms with Crippen molar-refractivity contribution in [3.05, 3.63) is 0 Å². The molecule has 2 atom stereocenters. The molecule has 0 amide bonds. The molecule has 0 aromatic carbocycles. The second kappa shape index (κ2) is 7.62. The topological polar surface area (TPSA) is 44.8 Å². The molecule has 0 spiro atoms. The SMILES string of the molecule is CCCCOC(=O)OC(C)C(C)OC. The molecule has 0 aromatic heterocycles. The van der Waals surface area contributed by atoms with E-state index in [0.717, 1.165) is 12.8 Å².